The van der Waals surface area contributed by atoms with Gasteiger partial charge < -0.3 is 16.4 Å². The minimum Gasteiger partial charge on any atom is -0.324 e. The first kappa shape index (κ1) is 17.0. The molecule has 2 amide bonds. The summed E-state index contributed by atoms with van der Waals surface area (Å²) in [5.74, 6) is -0.759. The Kier molecular flexibility index (Phi) is 5.73. The Labute approximate surface area is 139 Å². The zero-order valence-corrected chi connectivity index (χ0v) is 13.4. The highest BCUT2D eigenvalue weighted by Crippen LogP contribution is 2.25. The maximum Gasteiger partial charge on any atom is 0.259 e. The summed E-state index contributed by atoms with van der Waals surface area (Å²) in [6.45, 7) is 1.81. The molecule has 0 spiro atoms. The molecule has 2 rings (SSSR count). The third kappa shape index (κ3) is 4.31. The number of halogens is 1. The molecule has 120 valence electrons. The fraction of sp³-hybridized carbons (Fsp3) is 0.176. The minimum absolute atomic E-state index is 0.203. The second kappa shape index (κ2) is 7.76. The molecule has 0 radical (unpaired) electrons. The van der Waals surface area contributed by atoms with E-state index >= 15 is 0 Å². The number of para-hydroxylation sites is 1. The molecular formula is C17H18ClN3O2. The number of hydrogen-bond donors (Lipinski definition) is 3. The highest BCUT2D eigenvalue weighted by Gasteiger charge is 2.19. The van der Waals surface area contributed by atoms with Crippen LogP contribution in [0.3, 0.4) is 0 Å². The lowest BCUT2D eigenvalue weighted by atomic mass is 10.1. The number of carbonyl (C=O) groups excluding carboxylic acids is 2. The molecule has 0 aliphatic heterocycles. The molecule has 0 aromatic heterocycles. The first-order valence-electron chi connectivity index (χ1n) is 7.24. The summed E-state index contributed by atoms with van der Waals surface area (Å²) in [6, 6.07) is 13.2. The first-order chi connectivity index (χ1) is 11.0. The lowest BCUT2D eigenvalue weighted by Gasteiger charge is -2.15. The monoisotopic (exact) mass is 331 g/mol. The SMILES string of the molecule is CC[C@H](N)C(=O)Nc1cccc(Cl)c1C(=O)Nc1ccccc1. The number of hydrogen-bond acceptors (Lipinski definition) is 3. The van der Waals surface area contributed by atoms with Crippen LogP contribution in [-0.4, -0.2) is 17.9 Å². The molecular weight excluding hydrogens is 314 g/mol. The molecule has 2 aromatic rings. The summed E-state index contributed by atoms with van der Waals surface area (Å²) in [4.78, 5) is 24.5. The van der Waals surface area contributed by atoms with Gasteiger partial charge in [0, 0.05) is 5.69 Å². The number of anilines is 2. The molecule has 5 nitrogen and oxygen atoms in total. The van der Waals surface area contributed by atoms with Crippen LogP contribution < -0.4 is 16.4 Å². The quantitative estimate of drug-likeness (QED) is 0.786. The van der Waals surface area contributed by atoms with Gasteiger partial charge in [-0.3, -0.25) is 9.59 Å². The van der Waals surface area contributed by atoms with E-state index in [2.05, 4.69) is 10.6 Å². The van der Waals surface area contributed by atoms with Crippen molar-refractivity contribution in [1.82, 2.24) is 0 Å². The van der Waals surface area contributed by atoms with Crippen LogP contribution in [0.4, 0.5) is 11.4 Å². The highest BCUT2D eigenvalue weighted by molar-refractivity contribution is 6.35. The Hall–Kier alpha value is -2.37. The third-order valence-electron chi connectivity index (χ3n) is 3.31. The predicted octanol–water partition coefficient (Wildman–Crippen LogP) is 3.27. The average Bonchev–Trinajstić information content (AvgIpc) is 2.54. The van der Waals surface area contributed by atoms with E-state index in [0.717, 1.165) is 0 Å². The van der Waals surface area contributed by atoms with Gasteiger partial charge in [0.1, 0.15) is 0 Å². The molecule has 23 heavy (non-hydrogen) atoms. The standard InChI is InChI=1S/C17H18ClN3O2/c1-2-13(19)16(22)21-14-10-6-9-12(18)15(14)17(23)20-11-7-4-3-5-8-11/h3-10,13H,2,19H2,1H3,(H,20,23)(H,21,22)/t13-/m0/s1. The molecule has 6 heteroatoms. The summed E-state index contributed by atoms with van der Waals surface area (Å²) < 4.78 is 0. The van der Waals surface area contributed by atoms with Crippen LogP contribution in [0, 0.1) is 0 Å². The summed E-state index contributed by atoms with van der Waals surface area (Å²) in [6.07, 6.45) is 0.498. The molecule has 0 heterocycles. The first-order valence-corrected chi connectivity index (χ1v) is 7.62. The molecule has 0 fully saturated rings. The zero-order valence-electron chi connectivity index (χ0n) is 12.7. The van der Waals surface area contributed by atoms with Crippen molar-refractivity contribution in [3.05, 3.63) is 59.1 Å². The number of benzene rings is 2. The van der Waals surface area contributed by atoms with Gasteiger partial charge in [-0.25, -0.2) is 0 Å². The second-order valence-corrected chi connectivity index (χ2v) is 5.39. The van der Waals surface area contributed by atoms with Gasteiger partial charge in [-0.15, -0.1) is 0 Å². The van der Waals surface area contributed by atoms with Crippen LogP contribution in [0.1, 0.15) is 23.7 Å². The van der Waals surface area contributed by atoms with Gasteiger partial charge in [0.15, 0.2) is 0 Å². The number of nitrogens with one attached hydrogen (secondary N) is 2. The fourth-order valence-electron chi connectivity index (χ4n) is 1.98. The summed E-state index contributed by atoms with van der Waals surface area (Å²) >= 11 is 6.14. The van der Waals surface area contributed by atoms with Gasteiger partial charge in [-0.1, -0.05) is 42.8 Å². The third-order valence-corrected chi connectivity index (χ3v) is 3.62. The normalized spacial score (nSPS) is 11.6. The van der Waals surface area contributed by atoms with Crippen molar-refractivity contribution in [3.63, 3.8) is 0 Å². The van der Waals surface area contributed by atoms with Gasteiger partial charge >= 0.3 is 0 Å². The molecule has 0 saturated carbocycles. The van der Waals surface area contributed by atoms with Crippen molar-refractivity contribution in [2.45, 2.75) is 19.4 Å². The van der Waals surface area contributed by atoms with E-state index in [-0.39, 0.29) is 16.5 Å². The van der Waals surface area contributed by atoms with Crippen molar-refractivity contribution < 1.29 is 9.59 Å². The molecule has 0 bridgehead atoms. The molecule has 0 aliphatic carbocycles. The number of rotatable bonds is 5. The maximum atomic E-state index is 12.5. The molecule has 0 aliphatic rings. The van der Waals surface area contributed by atoms with Crippen molar-refractivity contribution >= 4 is 34.8 Å². The molecule has 1 atom stereocenters. The Balaban J connectivity index is 2.27. The highest BCUT2D eigenvalue weighted by atomic mass is 35.5. The Morgan fingerprint density at radius 1 is 1.09 bits per heavy atom. The Bertz CT molecular complexity index is 704. The van der Waals surface area contributed by atoms with E-state index in [9.17, 15) is 9.59 Å². The van der Waals surface area contributed by atoms with E-state index in [4.69, 9.17) is 17.3 Å². The van der Waals surface area contributed by atoms with Crippen molar-refractivity contribution in [2.75, 3.05) is 10.6 Å². The van der Waals surface area contributed by atoms with E-state index in [0.29, 0.717) is 17.8 Å². The van der Waals surface area contributed by atoms with E-state index in [1.165, 1.54) is 0 Å². The van der Waals surface area contributed by atoms with Gasteiger partial charge in [0.25, 0.3) is 5.91 Å². The smallest absolute Gasteiger partial charge is 0.259 e. The predicted molar refractivity (Wildman–Crippen MR) is 92.7 cm³/mol. The van der Waals surface area contributed by atoms with Crippen molar-refractivity contribution in [1.29, 1.82) is 0 Å². The van der Waals surface area contributed by atoms with Crippen LogP contribution in [-0.2, 0) is 4.79 Å². The van der Waals surface area contributed by atoms with Crippen molar-refractivity contribution in [2.24, 2.45) is 5.73 Å². The average molecular weight is 332 g/mol. The van der Waals surface area contributed by atoms with Crippen LogP contribution in [0.15, 0.2) is 48.5 Å². The van der Waals surface area contributed by atoms with Gasteiger partial charge in [-0.05, 0) is 30.7 Å². The number of amides is 2. The van der Waals surface area contributed by atoms with Crippen LogP contribution in [0.25, 0.3) is 0 Å². The number of carbonyl (C=O) groups is 2. The van der Waals surface area contributed by atoms with Crippen LogP contribution >= 0.6 is 11.6 Å². The zero-order chi connectivity index (χ0) is 16.8. The van der Waals surface area contributed by atoms with Gasteiger partial charge in [0.2, 0.25) is 5.91 Å². The van der Waals surface area contributed by atoms with Crippen LogP contribution in [0.5, 0.6) is 0 Å². The lowest BCUT2D eigenvalue weighted by molar-refractivity contribution is -0.117. The largest absolute Gasteiger partial charge is 0.324 e. The topological polar surface area (TPSA) is 84.2 Å². The van der Waals surface area contributed by atoms with Crippen LogP contribution in [0.2, 0.25) is 5.02 Å². The molecule has 0 unspecified atom stereocenters. The van der Waals surface area contributed by atoms with E-state index in [1.807, 2.05) is 25.1 Å². The second-order valence-electron chi connectivity index (χ2n) is 4.99. The summed E-state index contributed by atoms with van der Waals surface area (Å²) in [5.41, 5.74) is 6.88. The molecule has 0 saturated heterocycles. The Morgan fingerprint density at radius 2 is 1.78 bits per heavy atom. The summed E-state index contributed by atoms with van der Waals surface area (Å²) in [7, 11) is 0. The Morgan fingerprint density at radius 3 is 2.43 bits per heavy atom. The fourth-order valence-corrected chi connectivity index (χ4v) is 2.25. The molecule has 2 aromatic carbocycles. The van der Waals surface area contributed by atoms with Crippen molar-refractivity contribution in [3.8, 4) is 0 Å². The van der Waals surface area contributed by atoms with Gasteiger partial charge in [0.05, 0.1) is 22.3 Å². The van der Waals surface area contributed by atoms with E-state index < -0.39 is 11.9 Å². The number of nitrogens with two attached hydrogens (primary N) is 1. The molecule has 4 N–H and O–H groups in total. The lowest BCUT2D eigenvalue weighted by Crippen LogP contribution is -2.35. The minimum atomic E-state index is -0.640. The van der Waals surface area contributed by atoms with Gasteiger partial charge in [-0.2, -0.15) is 0 Å². The summed E-state index contributed by atoms with van der Waals surface area (Å²) in [5, 5.41) is 5.66. The van der Waals surface area contributed by atoms with E-state index in [1.54, 1.807) is 30.3 Å². The maximum absolute atomic E-state index is 12.5.